The van der Waals surface area contributed by atoms with Gasteiger partial charge in [0.25, 0.3) is 5.91 Å². The van der Waals surface area contributed by atoms with Gasteiger partial charge in [-0.3, -0.25) is 9.78 Å². The Hall–Kier alpha value is -3.91. The van der Waals surface area contributed by atoms with E-state index in [0.717, 1.165) is 35.6 Å². The summed E-state index contributed by atoms with van der Waals surface area (Å²) in [7, 11) is 1.98. The van der Waals surface area contributed by atoms with Crippen LogP contribution in [0.4, 0.5) is 11.6 Å². The number of hydrogen-bond acceptors (Lipinski definition) is 6. The van der Waals surface area contributed by atoms with Gasteiger partial charge in [-0.1, -0.05) is 24.1 Å². The Bertz CT molecular complexity index is 1340. The molecule has 1 aliphatic rings. The van der Waals surface area contributed by atoms with Crippen molar-refractivity contribution in [2.24, 2.45) is 7.05 Å². The molecule has 1 fully saturated rings. The first-order valence-corrected chi connectivity index (χ1v) is 12.5. The van der Waals surface area contributed by atoms with Crippen LogP contribution in [-0.2, 0) is 7.05 Å². The number of amides is 1. The molecule has 8 nitrogen and oxygen atoms in total. The molecule has 0 aliphatic carbocycles. The third-order valence-corrected chi connectivity index (χ3v) is 6.55. The molecule has 1 aliphatic heterocycles. The van der Waals surface area contributed by atoms with E-state index in [1.165, 1.54) is 24.8 Å². The topological polar surface area (TPSA) is 93.1 Å². The highest BCUT2D eigenvalue weighted by atomic mass is 16.5. The lowest BCUT2D eigenvalue weighted by molar-refractivity contribution is 0.0946. The maximum absolute atomic E-state index is 12.6. The number of nitrogens with zero attached hydrogens (tertiary/aromatic N) is 3. The molecular weight excluding hydrogens is 452 g/mol. The summed E-state index contributed by atoms with van der Waals surface area (Å²) < 4.78 is 8.07. The zero-order chi connectivity index (χ0) is 24.9. The highest BCUT2D eigenvalue weighted by molar-refractivity contribution is 5.92. The number of pyridine rings is 1. The van der Waals surface area contributed by atoms with Crippen LogP contribution < -0.4 is 20.7 Å². The van der Waals surface area contributed by atoms with Gasteiger partial charge in [0.2, 0.25) is 5.95 Å². The number of piperidine rings is 1. The Morgan fingerprint density at radius 2 is 1.94 bits per heavy atom. The Balaban J connectivity index is 1.24. The molecule has 2 aromatic carbocycles. The fourth-order valence-electron chi connectivity index (χ4n) is 4.48. The van der Waals surface area contributed by atoms with Crippen molar-refractivity contribution < 1.29 is 9.53 Å². The zero-order valence-corrected chi connectivity index (χ0v) is 20.8. The van der Waals surface area contributed by atoms with Gasteiger partial charge < -0.3 is 25.3 Å². The molecule has 3 N–H and O–H groups in total. The second-order valence-corrected chi connectivity index (χ2v) is 9.31. The van der Waals surface area contributed by atoms with Crippen molar-refractivity contribution in [1.82, 2.24) is 25.2 Å². The van der Waals surface area contributed by atoms with Gasteiger partial charge in [0, 0.05) is 43.7 Å². The lowest BCUT2D eigenvalue weighted by atomic mass is 10.0. The lowest BCUT2D eigenvalue weighted by Crippen LogP contribution is -2.37. The number of aromatic nitrogens is 3. The fourth-order valence-corrected chi connectivity index (χ4v) is 4.48. The van der Waals surface area contributed by atoms with Crippen LogP contribution in [0.3, 0.4) is 0 Å². The lowest BCUT2D eigenvalue weighted by Gasteiger charge is -2.23. The fraction of sp³-hybridized carbons (Fsp3) is 0.321. The summed E-state index contributed by atoms with van der Waals surface area (Å²) >= 11 is 0. The summed E-state index contributed by atoms with van der Waals surface area (Å²) in [4.78, 5) is 21.6. The normalized spacial score (nSPS) is 15.6. The summed E-state index contributed by atoms with van der Waals surface area (Å²) in [6.45, 7) is 3.75. The molecule has 1 unspecified atom stereocenters. The van der Waals surface area contributed by atoms with Crippen LogP contribution in [0.2, 0.25) is 0 Å². The minimum Gasteiger partial charge on any atom is -0.457 e. The molecule has 186 valence electrons. The van der Waals surface area contributed by atoms with Gasteiger partial charge >= 0.3 is 0 Å². The first kappa shape index (κ1) is 23.8. The number of aryl methyl sites for hydroxylation is 2. The van der Waals surface area contributed by atoms with Crippen LogP contribution in [0.25, 0.3) is 11.0 Å². The SMILES string of the molecule is Cc1ccc(Nc2nc3cc(Oc4ccnc(C(=O)NCCC5CCCCN5)c4)ccc3n2C)cc1. The van der Waals surface area contributed by atoms with Crippen LogP contribution in [0.5, 0.6) is 11.5 Å². The Labute approximate surface area is 211 Å². The molecule has 3 heterocycles. The number of ether oxygens (including phenoxy) is 1. The van der Waals surface area contributed by atoms with Crippen molar-refractivity contribution >= 4 is 28.6 Å². The van der Waals surface area contributed by atoms with Crippen LogP contribution in [-0.4, -0.2) is 39.6 Å². The average Bonchev–Trinajstić information content (AvgIpc) is 3.20. The van der Waals surface area contributed by atoms with E-state index in [-0.39, 0.29) is 5.91 Å². The van der Waals surface area contributed by atoms with Crippen LogP contribution >= 0.6 is 0 Å². The van der Waals surface area contributed by atoms with Gasteiger partial charge in [0.1, 0.15) is 17.2 Å². The van der Waals surface area contributed by atoms with Gasteiger partial charge in [-0.25, -0.2) is 4.98 Å². The van der Waals surface area contributed by atoms with Crippen molar-refractivity contribution in [3.05, 3.63) is 72.1 Å². The molecule has 1 saturated heterocycles. The Morgan fingerprint density at radius 3 is 2.75 bits per heavy atom. The molecule has 8 heteroatoms. The number of fused-ring (bicyclic) bond motifs is 1. The molecule has 2 aromatic heterocycles. The number of carbonyl (C=O) groups is 1. The van der Waals surface area contributed by atoms with E-state index in [4.69, 9.17) is 9.72 Å². The minimum absolute atomic E-state index is 0.191. The zero-order valence-electron chi connectivity index (χ0n) is 20.8. The number of imidazole rings is 1. The molecule has 1 atom stereocenters. The standard InChI is InChI=1S/C28H32N6O2/c1-19-6-8-21(9-7-19)32-28-33-24-17-22(10-11-26(24)34(28)2)36-23-13-16-30-25(18-23)27(35)31-15-12-20-5-3-4-14-29-20/h6-11,13,16-18,20,29H,3-5,12,14-15H2,1-2H3,(H,31,35)(H,32,33). The first-order chi connectivity index (χ1) is 17.5. The molecule has 4 aromatic rings. The number of carbonyl (C=O) groups excluding carboxylic acids is 1. The number of anilines is 2. The van der Waals surface area contributed by atoms with Gasteiger partial charge in [0.05, 0.1) is 11.0 Å². The van der Waals surface area contributed by atoms with Crippen molar-refractivity contribution in [2.45, 2.75) is 38.6 Å². The second-order valence-electron chi connectivity index (χ2n) is 9.31. The number of nitrogens with one attached hydrogen (secondary N) is 3. The van der Waals surface area contributed by atoms with Gasteiger partial charge in [-0.15, -0.1) is 0 Å². The van der Waals surface area contributed by atoms with Gasteiger partial charge in [-0.05, 0) is 63.1 Å². The third-order valence-electron chi connectivity index (χ3n) is 6.55. The summed E-state index contributed by atoms with van der Waals surface area (Å²) in [5.41, 5.74) is 4.33. The summed E-state index contributed by atoms with van der Waals surface area (Å²) in [5, 5.41) is 9.85. The molecule has 36 heavy (non-hydrogen) atoms. The van der Waals surface area contributed by atoms with E-state index in [2.05, 4.69) is 40.0 Å². The maximum atomic E-state index is 12.6. The van der Waals surface area contributed by atoms with E-state index in [1.54, 1.807) is 18.3 Å². The van der Waals surface area contributed by atoms with E-state index in [0.29, 0.717) is 29.8 Å². The van der Waals surface area contributed by atoms with Crippen LogP contribution in [0, 0.1) is 6.92 Å². The highest BCUT2D eigenvalue weighted by Gasteiger charge is 2.14. The van der Waals surface area contributed by atoms with Gasteiger partial charge in [-0.2, -0.15) is 0 Å². The summed E-state index contributed by atoms with van der Waals surface area (Å²) in [6.07, 6.45) is 6.17. The second kappa shape index (κ2) is 10.8. The minimum atomic E-state index is -0.191. The van der Waals surface area contributed by atoms with Crippen molar-refractivity contribution in [3.63, 3.8) is 0 Å². The Morgan fingerprint density at radius 1 is 1.11 bits per heavy atom. The number of benzene rings is 2. The predicted octanol–water partition coefficient (Wildman–Crippen LogP) is 5.07. The summed E-state index contributed by atoms with van der Waals surface area (Å²) in [5.74, 6) is 1.75. The molecule has 0 spiro atoms. The molecule has 0 saturated carbocycles. The maximum Gasteiger partial charge on any atom is 0.270 e. The molecule has 1 amide bonds. The van der Waals surface area contributed by atoms with E-state index in [9.17, 15) is 4.79 Å². The molecule has 5 rings (SSSR count). The largest absolute Gasteiger partial charge is 0.457 e. The highest BCUT2D eigenvalue weighted by Crippen LogP contribution is 2.28. The first-order valence-electron chi connectivity index (χ1n) is 12.5. The molecular formula is C28H32N6O2. The smallest absolute Gasteiger partial charge is 0.270 e. The van der Waals surface area contributed by atoms with Crippen LogP contribution in [0.15, 0.2) is 60.8 Å². The Kier molecular flexibility index (Phi) is 7.13. The van der Waals surface area contributed by atoms with Crippen molar-refractivity contribution in [3.8, 4) is 11.5 Å². The monoisotopic (exact) mass is 484 g/mol. The summed E-state index contributed by atoms with van der Waals surface area (Å²) in [6, 6.07) is 17.9. The van der Waals surface area contributed by atoms with E-state index in [1.807, 2.05) is 41.9 Å². The van der Waals surface area contributed by atoms with Crippen molar-refractivity contribution in [1.29, 1.82) is 0 Å². The van der Waals surface area contributed by atoms with E-state index < -0.39 is 0 Å². The van der Waals surface area contributed by atoms with E-state index >= 15 is 0 Å². The molecule has 0 bridgehead atoms. The average molecular weight is 485 g/mol. The number of hydrogen-bond donors (Lipinski definition) is 3. The van der Waals surface area contributed by atoms with Gasteiger partial charge in [0.15, 0.2) is 0 Å². The van der Waals surface area contributed by atoms with Crippen LogP contribution in [0.1, 0.15) is 41.7 Å². The predicted molar refractivity (Wildman–Crippen MR) is 142 cm³/mol. The quantitative estimate of drug-likeness (QED) is 0.323. The number of rotatable bonds is 8. The van der Waals surface area contributed by atoms with Crippen molar-refractivity contribution in [2.75, 3.05) is 18.4 Å². The third kappa shape index (κ3) is 5.66. The molecule has 0 radical (unpaired) electrons.